The van der Waals surface area contributed by atoms with Crippen molar-refractivity contribution in [2.45, 2.75) is 70.0 Å². The fourth-order valence-electron chi connectivity index (χ4n) is 6.09. The van der Waals surface area contributed by atoms with Crippen LogP contribution >= 0.6 is 23.4 Å². The molecular weight excluding hydrogens is 597 g/mol. The van der Waals surface area contributed by atoms with Gasteiger partial charge in [0.1, 0.15) is 5.65 Å². The quantitative estimate of drug-likeness (QED) is 0.167. The number of aryl methyl sites for hydroxylation is 1. The fraction of sp³-hybridized carbons (Fsp3) is 0.424. The van der Waals surface area contributed by atoms with Crippen molar-refractivity contribution < 1.29 is 4.39 Å². The summed E-state index contributed by atoms with van der Waals surface area (Å²) in [5.74, 6) is 0.547. The second-order valence-corrected chi connectivity index (χ2v) is 13.4. The third kappa shape index (κ3) is 7.20. The Morgan fingerprint density at radius 1 is 1.20 bits per heavy atom. The first-order chi connectivity index (χ1) is 21.3. The van der Waals surface area contributed by atoms with Crippen LogP contribution in [-0.2, 0) is 6.42 Å². The van der Waals surface area contributed by atoms with Crippen molar-refractivity contribution in [1.82, 2.24) is 25.2 Å². The number of aromatic nitrogens is 3. The second-order valence-electron chi connectivity index (χ2n) is 11.9. The maximum atomic E-state index is 15.1. The van der Waals surface area contributed by atoms with Crippen molar-refractivity contribution in [3.63, 3.8) is 0 Å². The zero-order chi connectivity index (χ0) is 30.6. The molecule has 6 rings (SSSR count). The number of aliphatic imine (C=N–C) groups is 1. The molecule has 0 amide bonds. The number of hydrogen-bond acceptors (Lipinski definition) is 7. The summed E-state index contributed by atoms with van der Waals surface area (Å²) in [6.07, 6.45) is 8.82. The summed E-state index contributed by atoms with van der Waals surface area (Å²) in [7, 11) is 0. The SMILES string of the molecule is C[C@H](N)CCCc1cc(Cl)c(F)c(-c2cc3cn(-c4ccc([C@@H]5CCC[C@@H](CCSC6=NCCN6)N5)cc4)c(=O)nc3[nH]2)c1. The normalized spacial score (nSPS) is 19.2. The minimum absolute atomic E-state index is 0.0681. The second kappa shape index (κ2) is 13.9. The average Bonchev–Trinajstić information content (AvgIpc) is 3.68. The minimum atomic E-state index is -0.502. The lowest BCUT2D eigenvalue weighted by Crippen LogP contribution is -2.37. The van der Waals surface area contributed by atoms with Gasteiger partial charge in [0.25, 0.3) is 0 Å². The van der Waals surface area contributed by atoms with E-state index >= 15 is 4.39 Å². The molecule has 0 spiro atoms. The van der Waals surface area contributed by atoms with Gasteiger partial charge >= 0.3 is 5.69 Å². The number of piperidine rings is 1. The molecule has 0 saturated carbocycles. The topological polar surface area (TPSA) is 113 Å². The maximum absolute atomic E-state index is 15.1. The average molecular weight is 636 g/mol. The number of benzene rings is 2. The van der Waals surface area contributed by atoms with E-state index in [1.54, 1.807) is 12.3 Å². The van der Waals surface area contributed by atoms with Gasteiger partial charge in [0.15, 0.2) is 11.0 Å². The minimum Gasteiger partial charge on any atom is -0.363 e. The summed E-state index contributed by atoms with van der Waals surface area (Å²) in [5, 5.41) is 9.00. The summed E-state index contributed by atoms with van der Waals surface area (Å²) < 4.78 is 16.7. The van der Waals surface area contributed by atoms with Crippen molar-refractivity contribution in [2.75, 3.05) is 18.8 Å². The first-order valence-electron chi connectivity index (χ1n) is 15.5. The zero-order valence-corrected chi connectivity index (χ0v) is 26.5. The number of thioether (sulfide) groups is 1. The van der Waals surface area contributed by atoms with Gasteiger partial charge in [-0.1, -0.05) is 41.9 Å². The molecule has 8 nitrogen and oxygen atoms in total. The van der Waals surface area contributed by atoms with Crippen LogP contribution in [0.2, 0.25) is 5.02 Å². The number of hydrogen-bond donors (Lipinski definition) is 4. The molecule has 1 fully saturated rings. The van der Waals surface area contributed by atoms with Crippen LogP contribution in [0.1, 0.15) is 62.6 Å². The summed E-state index contributed by atoms with van der Waals surface area (Å²) in [4.78, 5) is 24.9. The van der Waals surface area contributed by atoms with E-state index in [0.29, 0.717) is 28.3 Å². The highest BCUT2D eigenvalue weighted by molar-refractivity contribution is 8.13. The molecule has 232 valence electrons. The van der Waals surface area contributed by atoms with Crippen LogP contribution in [0, 0.1) is 5.82 Å². The van der Waals surface area contributed by atoms with Crippen LogP contribution in [-0.4, -0.2) is 50.6 Å². The highest BCUT2D eigenvalue weighted by atomic mass is 35.5. The highest BCUT2D eigenvalue weighted by Gasteiger charge is 2.23. The predicted octanol–water partition coefficient (Wildman–Crippen LogP) is 6.11. The van der Waals surface area contributed by atoms with Crippen LogP contribution in [0.15, 0.2) is 58.4 Å². The molecule has 0 bridgehead atoms. The first kappa shape index (κ1) is 30.8. The molecule has 2 aromatic carbocycles. The Kier molecular flexibility index (Phi) is 9.71. The Labute approximate surface area is 266 Å². The van der Waals surface area contributed by atoms with E-state index in [1.807, 2.05) is 43.0 Å². The van der Waals surface area contributed by atoms with Crippen molar-refractivity contribution in [2.24, 2.45) is 10.7 Å². The lowest BCUT2D eigenvalue weighted by molar-refractivity contribution is 0.320. The first-order valence-corrected chi connectivity index (χ1v) is 16.8. The van der Waals surface area contributed by atoms with Crippen LogP contribution in [0.5, 0.6) is 0 Å². The van der Waals surface area contributed by atoms with E-state index in [1.165, 1.54) is 23.0 Å². The number of H-pyrrole nitrogens is 1. The summed E-state index contributed by atoms with van der Waals surface area (Å²) in [6, 6.07) is 14.3. The van der Waals surface area contributed by atoms with E-state index in [0.717, 1.165) is 67.4 Å². The molecular formula is C33H39ClFN7OS. The number of nitrogens with two attached hydrogens (primary N) is 1. The standard InChI is InChI=1S/C33H39ClFN7OS/c1-20(36)4-2-5-21-16-26(30(35)27(34)17-21)29-18-23-19-42(33(43)41-31(23)40-29)25-10-8-22(9-11-25)28-7-3-6-24(39-28)12-15-44-32-37-13-14-38-32/h8-11,16-20,24,28,39H,2-7,12-15,36H2,1H3,(H,37,38)(H,40,41,43)/t20-,24-,28-/m0/s1. The molecule has 0 radical (unpaired) electrons. The van der Waals surface area contributed by atoms with Gasteiger partial charge in [0, 0.05) is 47.6 Å². The molecule has 2 aromatic heterocycles. The Morgan fingerprint density at radius 3 is 2.82 bits per heavy atom. The monoisotopic (exact) mass is 635 g/mol. The molecule has 44 heavy (non-hydrogen) atoms. The Balaban J connectivity index is 1.16. The van der Waals surface area contributed by atoms with Crippen LogP contribution in [0.3, 0.4) is 0 Å². The number of nitrogens with one attached hydrogen (secondary N) is 3. The number of halogens is 2. The molecule has 2 aliphatic rings. The number of fused-ring (bicyclic) bond motifs is 1. The maximum Gasteiger partial charge on any atom is 0.354 e. The van der Waals surface area contributed by atoms with Crippen molar-refractivity contribution in [1.29, 1.82) is 0 Å². The largest absolute Gasteiger partial charge is 0.363 e. The van der Waals surface area contributed by atoms with Gasteiger partial charge in [-0.25, -0.2) is 9.18 Å². The fourth-order valence-corrected chi connectivity index (χ4v) is 7.31. The molecule has 4 heterocycles. The lowest BCUT2D eigenvalue weighted by Gasteiger charge is -2.31. The molecule has 4 aromatic rings. The Morgan fingerprint density at radius 2 is 2.05 bits per heavy atom. The molecule has 2 aliphatic heterocycles. The van der Waals surface area contributed by atoms with Crippen LogP contribution in [0.4, 0.5) is 4.39 Å². The van der Waals surface area contributed by atoms with Gasteiger partial charge in [-0.2, -0.15) is 4.98 Å². The molecule has 1 saturated heterocycles. The number of amidine groups is 1. The smallest absolute Gasteiger partial charge is 0.354 e. The predicted molar refractivity (Wildman–Crippen MR) is 180 cm³/mol. The van der Waals surface area contributed by atoms with Gasteiger partial charge in [0.2, 0.25) is 0 Å². The van der Waals surface area contributed by atoms with E-state index in [2.05, 4.69) is 37.7 Å². The van der Waals surface area contributed by atoms with Crippen LogP contribution in [0.25, 0.3) is 28.0 Å². The third-order valence-corrected chi connectivity index (χ3v) is 9.68. The molecule has 0 aliphatic carbocycles. The molecule has 5 N–H and O–H groups in total. The number of rotatable bonds is 10. The van der Waals surface area contributed by atoms with Gasteiger partial charge in [-0.05, 0) is 86.9 Å². The van der Waals surface area contributed by atoms with E-state index in [9.17, 15) is 4.79 Å². The van der Waals surface area contributed by atoms with Crippen molar-refractivity contribution in [3.8, 4) is 16.9 Å². The summed E-state index contributed by atoms with van der Waals surface area (Å²) in [5.41, 5.74) is 9.65. The lowest BCUT2D eigenvalue weighted by atomic mass is 9.92. The van der Waals surface area contributed by atoms with Gasteiger partial charge in [0.05, 0.1) is 22.9 Å². The molecule has 0 unspecified atom stereocenters. The third-order valence-electron chi connectivity index (χ3n) is 8.42. The summed E-state index contributed by atoms with van der Waals surface area (Å²) >= 11 is 8.08. The molecule has 11 heteroatoms. The highest BCUT2D eigenvalue weighted by Crippen LogP contribution is 2.32. The zero-order valence-electron chi connectivity index (χ0n) is 24.9. The van der Waals surface area contributed by atoms with Gasteiger partial charge in [-0.15, -0.1) is 0 Å². The molecule has 3 atom stereocenters. The van der Waals surface area contributed by atoms with Crippen molar-refractivity contribution in [3.05, 3.63) is 81.1 Å². The number of nitrogens with zero attached hydrogens (tertiary/aromatic N) is 3. The Hall–Kier alpha value is -3.18. The number of aromatic amines is 1. The summed E-state index contributed by atoms with van der Waals surface area (Å²) in [6.45, 7) is 3.80. The van der Waals surface area contributed by atoms with E-state index in [-0.39, 0.29) is 17.1 Å². The van der Waals surface area contributed by atoms with E-state index in [4.69, 9.17) is 17.3 Å². The van der Waals surface area contributed by atoms with Crippen LogP contribution < -0.4 is 22.1 Å². The Bertz CT molecular complexity index is 1700. The van der Waals surface area contributed by atoms with Crippen molar-refractivity contribution >= 4 is 39.6 Å². The van der Waals surface area contributed by atoms with Gasteiger partial charge < -0.3 is 21.4 Å². The van der Waals surface area contributed by atoms with E-state index < -0.39 is 11.5 Å². The van der Waals surface area contributed by atoms with Gasteiger partial charge in [-0.3, -0.25) is 9.56 Å².